The summed E-state index contributed by atoms with van der Waals surface area (Å²) in [5.74, 6) is -1.21. The molecule has 3 aliphatic rings. The number of hydrogen-bond donors (Lipinski definition) is 2. The summed E-state index contributed by atoms with van der Waals surface area (Å²) in [6.45, 7) is 3.94. The average Bonchev–Trinajstić information content (AvgIpc) is 3.35. The van der Waals surface area contributed by atoms with Crippen molar-refractivity contribution in [2.45, 2.75) is 45.1 Å². The van der Waals surface area contributed by atoms with E-state index in [-0.39, 0.29) is 45.1 Å². The van der Waals surface area contributed by atoms with Gasteiger partial charge in [0.15, 0.2) is 0 Å². The third kappa shape index (κ3) is 6.44. The summed E-state index contributed by atoms with van der Waals surface area (Å²) in [5, 5.41) is 18.5. The molecule has 3 heterocycles. The topological polar surface area (TPSA) is 143 Å². The van der Waals surface area contributed by atoms with Gasteiger partial charge in [-0.15, -0.1) is 0 Å². The maximum Gasteiger partial charge on any atom is 0.409 e. The van der Waals surface area contributed by atoms with Crippen molar-refractivity contribution in [2.24, 2.45) is 5.41 Å². The van der Waals surface area contributed by atoms with Gasteiger partial charge in [0.2, 0.25) is 10.0 Å². The Kier molecular flexibility index (Phi) is 8.96. The number of rotatable bonds is 7. The Labute approximate surface area is 230 Å². The highest BCUT2D eigenvalue weighted by molar-refractivity contribution is 7.89. The average molecular weight is 560 g/mol. The third-order valence-electron chi connectivity index (χ3n) is 8.36. The molecule has 11 nitrogen and oxygen atoms in total. The molecule has 2 fully saturated rings. The highest BCUT2D eigenvalue weighted by Crippen LogP contribution is 2.36. The lowest BCUT2D eigenvalue weighted by Gasteiger charge is -2.40. The number of carbonyl (C=O) groups excluding carboxylic acids is 2. The number of sulfonamides is 1. The van der Waals surface area contributed by atoms with Crippen LogP contribution in [0, 0.1) is 23.7 Å². The minimum atomic E-state index is -3.85. The van der Waals surface area contributed by atoms with Crippen LogP contribution in [0.1, 0.15) is 48.8 Å². The van der Waals surface area contributed by atoms with Gasteiger partial charge in [-0.3, -0.25) is 10.0 Å². The molecular weight excluding hydrogens is 522 g/mol. The number of piperidine rings is 1. The number of hydrogen-bond acceptors (Lipinski definition) is 8. The van der Waals surface area contributed by atoms with Crippen molar-refractivity contribution in [1.29, 1.82) is 5.26 Å². The minimum Gasteiger partial charge on any atom is -0.448 e. The number of ether oxygens (including phenoxy) is 1. The van der Waals surface area contributed by atoms with Crippen molar-refractivity contribution in [2.75, 3.05) is 52.1 Å². The molecule has 3 aliphatic heterocycles. The predicted octanol–water partition coefficient (Wildman–Crippen LogP) is 2.10. The van der Waals surface area contributed by atoms with Crippen molar-refractivity contribution in [3.05, 3.63) is 41.0 Å². The first-order valence-electron chi connectivity index (χ1n) is 13.3. The molecule has 0 saturated carbocycles. The van der Waals surface area contributed by atoms with Gasteiger partial charge in [-0.1, -0.05) is 12.1 Å². The number of hydroxylamine groups is 1. The van der Waals surface area contributed by atoms with Gasteiger partial charge in [-0.2, -0.15) is 9.57 Å². The predicted molar refractivity (Wildman–Crippen MR) is 144 cm³/mol. The molecule has 2 saturated heterocycles. The summed E-state index contributed by atoms with van der Waals surface area (Å²) < 4.78 is 33.8. The summed E-state index contributed by atoms with van der Waals surface area (Å²) in [7, 11) is -1.85. The van der Waals surface area contributed by atoms with Gasteiger partial charge in [0, 0.05) is 32.2 Å². The fourth-order valence-corrected chi connectivity index (χ4v) is 7.77. The van der Waals surface area contributed by atoms with Gasteiger partial charge >= 0.3 is 6.09 Å². The zero-order chi connectivity index (χ0) is 28.2. The van der Waals surface area contributed by atoms with Gasteiger partial charge in [-0.05, 0) is 81.5 Å². The Morgan fingerprint density at radius 2 is 1.97 bits per heavy atom. The van der Waals surface area contributed by atoms with Crippen LogP contribution in [0.2, 0.25) is 0 Å². The van der Waals surface area contributed by atoms with Crippen LogP contribution >= 0.6 is 0 Å². The minimum absolute atomic E-state index is 0.0937. The number of benzene rings is 1. The van der Waals surface area contributed by atoms with Crippen LogP contribution in [0.3, 0.4) is 0 Å². The van der Waals surface area contributed by atoms with Crippen LogP contribution in [-0.2, 0) is 19.6 Å². The first kappa shape index (κ1) is 29.0. The van der Waals surface area contributed by atoms with E-state index < -0.39 is 33.2 Å². The second kappa shape index (κ2) is 12.0. The highest BCUT2D eigenvalue weighted by atomic mass is 32.2. The third-order valence-corrected chi connectivity index (χ3v) is 10.4. The Bertz CT molecular complexity index is 1270. The molecule has 0 spiro atoms. The van der Waals surface area contributed by atoms with Gasteiger partial charge in [-0.25, -0.2) is 18.7 Å². The maximum atomic E-state index is 13.5. The van der Waals surface area contributed by atoms with Crippen molar-refractivity contribution in [3.63, 3.8) is 0 Å². The number of nitriles is 1. The molecule has 39 heavy (non-hydrogen) atoms. The van der Waals surface area contributed by atoms with E-state index in [0.717, 1.165) is 36.1 Å². The Hall–Kier alpha value is -2.98. The second-order valence-electron chi connectivity index (χ2n) is 10.8. The molecule has 0 unspecified atom stereocenters. The lowest BCUT2D eigenvalue weighted by Crippen LogP contribution is -2.54. The van der Waals surface area contributed by atoms with Crippen molar-refractivity contribution < 1.29 is 28.0 Å². The Morgan fingerprint density at radius 1 is 1.23 bits per heavy atom. The molecule has 0 bridgehead atoms. The van der Waals surface area contributed by atoms with E-state index in [1.54, 1.807) is 11.5 Å². The number of likely N-dealkylation sites (tertiary alicyclic amines) is 2. The summed E-state index contributed by atoms with van der Waals surface area (Å²) >= 11 is 0. The van der Waals surface area contributed by atoms with Gasteiger partial charge < -0.3 is 14.5 Å². The molecule has 212 valence electrons. The van der Waals surface area contributed by atoms with E-state index in [1.165, 1.54) is 9.21 Å². The van der Waals surface area contributed by atoms with Gasteiger partial charge in [0.1, 0.15) is 6.61 Å². The summed E-state index contributed by atoms with van der Waals surface area (Å²) in [5.41, 5.74) is 3.83. The standard InChI is InChI=1S/C27H37N5O6S/c1-20-16-21(17-28)5-6-24(20)22-7-12-32(13-8-22)39(36,37)19-27(25(33)29-35)9-14-31(15-10-27)26(34)38-18-23-4-3-11-30(23)2/h5-7,16,23,35H,3-4,8-15,18-19H2,1-2H3,(H,29,33)/t23-/m1/s1. The molecule has 2 N–H and O–H groups in total. The first-order valence-corrected chi connectivity index (χ1v) is 14.9. The van der Waals surface area contributed by atoms with Crippen LogP contribution in [0.5, 0.6) is 0 Å². The van der Waals surface area contributed by atoms with Crippen LogP contribution in [0.4, 0.5) is 4.79 Å². The van der Waals surface area contributed by atoms with Crippen LogP contribution in [-0.4, -0.2) is 97.9 Å². The van der Waals surface area contributed by atoms with E-state index in [1.807, 2.05) is 32.2 Å². The van der Waals surface area contributed by atoms with Crippen LogP contribution in [0.15, 0.2) is 24.3 Å². The van der Waals surface area contributed by atoms with Crippen LogP contribution in [0.25, 0.3) is 5.57 Å². The lowest BCUT2D eigenvalue weighted by atomic mass is 9.79. The summed E-state index contributed by atoms with van der Waals surface area (Å²) in [6, 6.07) is 7.76. The first-order chi connectivity index (χ1) is 18.6. The second-order valence-corrected chi connectivity index (χ2v) is 12.8. The monoisotopic (exact) mass is 559 g/mol. The van der Waals surface area contributed by atoms with Crippen molar-refractivity contribution >= 4 is 27.6 Å². The van der Waals surface area contributed by atoms with Crippen molar-refractivity contribution in [3.8, 4) is 6.07 Å². The molecule has 0 aliphatic carbocycles. The molecule has 12 heteroatoms. The number of amides is 2. The van der Waals surface area contributed by atoms with E-state index >= 15 is 0 Å². The highest BCUT2D eigenvalue weighted by Gasteiger charge is 2.47. The number of nitrogens with one attached hydrogen (secondary N) is 1. The Balaban J connectivity index is 1.39. The van der Waals surface area contributed by atoms with Crippen LogP contribution < -0.4 is 5.48 Å². The fourth-order valence-electron chi connectivity index (χ4n) is 5.80. The lowest BCUT2D eigenvalue weighted by molar-refractivity contribution is -0.141. The summed E-state index contributed by atoms with van der Waals surface area (Å²) in [4.78, 5) is 29.1. The quantitative estimate of drug-likeness (QED) is 0.382. The molecule has 2 amide bonds. The molecule has 0 radical (unpaired) electrons. The zero-order valence-electron chi connectivity index (χ0n) is 22.6. The van der Waals surface area contributed by atoms with E-state index in [9.17, 15) is 23.2 Å². The van der Waals surface area contributed by atoms with E-state index in [2.05, 4.69) is 11.0 Å². The molecule has 1 atom stereocenters. The normalized spacial score (nSPS) is 22.2. The van der Waals surface area contributed by atoms with Crippen molar-refractivity contribution in [1.82, 2.24) is 19.6 Å². The molecule has 4 rings (SSSR count). The number of carbonyl (C=O) groups is 2. The molecule has 1 aromatic carbocycles. The van der Waals surface area contributed by atoms with Gasteiger partial charge in [0.25, 0.3) is 5.91 Å². The number of nitrogens with zero attached hydrogens (tertiary/aromatic N) is 4. The van der Waals surface area contributed by atoms with E-state index in [4.69, 9.17) is 10.00 Å². The number of aryl methyl sites for hydroxylation is 1. The maximum absolute atomic E-state index is 13.5. The fraction of sp³-hybridized carbons (Fsp3) is 0.593. The Morgan fingerprint density at radius 3 is 2.54 bits per heavy atom. The van der Waals surface area contributed by atoms with Gasteiger partial charge in [0.05, 0.1) is 22.8 Å². The van der Waals surface area contributed by atoms with E-state index in [0.29, 0.717) is 18.6 Å². The zero-order valence-corrected chi connectivity index (χ0v) is 23.4. The SMILES string of the molecule is Cc1cc(C#N)ccc1C1=CCN(S(=O)(=O)CC2(C(=O)NO)CCN(C(=O)OC[C@H]3CCCN3C)CC2)CC1. The summed E-state index contributed by atoms with van der Waals surface area (Å²) in [6.07, 6.45) is 4.13. The number of likely N-dealkylation sites (N-methyl/N-ethyl adjacent to an activating group) is 1. The smallest absolute Gasteiger partial charge is 0.409 e. The molecule has 1 aromatic rings. The molecular formula is C27H37N5O6S. The largest absolute Gasteiger partial charge is 0.448 e. The molecule has 0 aromatic heterocycles.